The second-order valence-corrected chi connectivity index (χ2v) is 10.3. The highest BCUT2D eigenvalue weighted by Crippen LogP contribution is 2.42. The molecule has 4 rings (SSSR count). The Bertz CT molecular complexity index is 1050. The van der Waals surface area contributed by atoms with Gasteiger partial charge in [-0.1, -0.05) is 117 Å². The average Bonchev–Trinajstić information content (AvgIpc) is 3.23. The van der Waals surface area contributed by atoms with E-state index in [9.17, 15) is 15.0 Å². The predicted octanol–water partition coefficient (Wildman–Crippen LogP) is 6.45. The molecule has 4 heteroatoms. The topological polar surface area (TPSA) is 66.8 Å². The zero-order valence-corrected chi connectivity index (χ0v) is 22.3. The van der Waals surface area contributed by atoms with Crippen LogP contribution < -0.4 is 0 Å². The average molecular weight is 513 g/mol. The van der Waals surface area contributed by atoms with Gasteiger partial charge >= 0.3 is 0 Å². The minimum absolute atomic E-state index is 0.0817. The molecule has 1 saturated carbocycles. The van der Waals surface area contributed by atoms with Crippen LogP contribution in [-0.4, -0.2) is 34.8 Å². The molecule has 0 spiro atoms. The third kappa shape index (κ3) is 6.50. The minimum Gasteiger partial charge on any atom is -0.393 e. The Balaban J connectivity index is 1.58. The van der Waals surface area contributed by atoms with E-state index in [1.54, 1.807) is 6.08 Å². The fourth-order valence-electron chi connectivity index (χ4n) is 5.74. The summed E-state index contributed by atoms with van der Waals surface area (Å²) in [4.78, 5) is 12.3. The van der Waals surface area contributed by atoms with Gasteiger partial charge < -0.3 is 14.9 Å². The van der Waals surface area contributed by atoms with Crippen LogP contribution in [0.3, 0.4) is 0 Å². The zero-order valence-electron chi connectivity index (χ0n) is 22.3. The molecule has 3 aromatic rings. The number of benzene rings is 3. The van der Waals surface area contributed by atoms with Gasteiger partial charge in [-0.05, 0) is 41.5 Å². The normalized spacial score (nSPS) is 21.7. The van der Waals surface area contributed by atoms with Gasteiger partial charge in [-0.25, -0.2) is 0 Å². The van der Waals surface area contributed by atoms with Crippen LogP contribution in [0, 0.1) is 11.8 Å². The van der Waals surface area contributed by atoms with Crippen molar-refractivity contribution >= 4 is 5.78 Å². The third-order valence-corrected chi connectivity index (χ3v) is 7.76. The molecule has 1 fully saturated rings. The first-order chi connectivity index (χ1) is 18.6. The summed E-state index contributed by atoms with van der Waals surface area (Å²) in [5.74, 6) is -0.383. The summed E-state index contributed by atoms with van der Waals surface area (Å²) < 4.78 is 6.89. The second kappa shape index (κ2) is 13.7. The number of hydrogen-bond acceptors (Lipinski definition) is 4. The zero-order chi connectivity index (χ0) is 26.8. The number of aliphatic hydroxyl groups excluding tert-OH is 2. The molecule has 0 aromatic heterocycles. The van der Waals surface area contributed by atoms with Gasteiger partial charge in [0, 0.05) is 25.4 Å². The van der Waals surface area contributed by atoms with E-state index in [0.29, 0.717) is 25.9 Å². The van der Waals surface area contributed by atoms with Crippen molar-refractivity contribution in [1.82, 2.24) is 0 Å². The van der Waals surface area contributed by atoms with E-state index < -0.39 is 17.8 Å². The van der Waals surface area contributed by atoms with E-state index in [1.165, 1.54) is 0 Å². The van der Waals surface area contributed by atoms with Crippen molar-refractivity contribution in [2.45, 2.75) is 63.3 Å². The molecular weight excluding hydrogens is 472 g/mol. The highest BCUT2D eigenvalue weighted by molar-refractivity contribution is 5.89. The first-order valence-electron chi connectivity index (χ1n) is 13.9. The molecule has 0 unspecified atom stereocenters. The lowest BCUT2D eigenvalue weighted by Crippen LogP contribution is -2.34. The predicted molar refractivity (Wildman–Crippen MR) is 152 cm³/mol. The van der Waals surface area contributed by atoms with Crippen LogP contribution in [0.15, 0.2) is 103 Å². The molecule has 0 bridgehead atoms. The highest BCUT2D eigenvalue weighted by atomic mass is 16.5. The Morgan fingerprint density at radius 1 is 0.842 bits per heavy atom. The van der Waals surface area contributed by atoms with Gasteiger partial charge in [0.2, 0.25) is 0 Å². The quantitative estimate of drug-likeness (QED) is 0.157. The van der Waals surface area contributed by atoms with Gasteiger partial charge in [0.05, 0.1) is 12.2 Å². The Labute approximate surface area is 227 Å². The standard InChI is InChI=1S/C34H40O4/c1-2-3-7-20-29(35)21-22-30-31(33(37)25-32(30)36)23-24-38-34(26-14-8-4-9-15-26,27-16-10-5-11-17-27)28-18-12-6-13-19-28/h4-6,8-19,21-22,30-33,36-37H,2-3,7,20,23-25H2,1H3/b22-21+/t30-,31-,32+,33-/m0/s1. The summed E-state index contributed by atoms with van der Waals surface area (Å²) in [5.41, 5.74) is 2.25. The van der Waals surface area contributed by atoms with Gasteiger partial charge in [0.15, 0.2) is 5.78 Å². The third-order valence-electron chi connectivity index (χ3n) is 7.76. The number of carbonyl (C=O) groups excluding carboxylic acids is 1. The van der Waals surface area contributed by atoms with E-state index >= 15 is 0 Å². The lowest BCUT2D eigenvalue weighted by molar-refractivity contribution is -0.114. The van der Waals surface area contributed by atoms with Gasteiger partial charge in [0.25, 0.3) is 0 Å². The monoisotopic (exact) mass is 512 g/mol. The van der Waals surface area contributed by atoms with Crippen LogP contribution in [-0.2, 0) is 15.1 Å². The van der Waals surface area contributed by atoms with E-state index in [1.807, 2.05) is 60.7 Å². The number of ketones is 1. The van der Waals surface area contributed by atoms with E-state index in [-0.39, 0.29) is 17.6 Å². The molecule has 3 aromatic carbocycles. The van der Waals surface area contributed by atoms with Crippen molar-refractivity contribution < 1.29 is 19.7 Å². The van der Waals surface area contributed by atoms with Crippen molar-refractivity contribution in [1.29, 1.82) is 0 Å². The summed E-state index contributed by atoms with van der Waals surface area (Å²) in [6.45, 7) is 2.49. The van der Waals surface area contributed by atoms with Crippen LogP contribution in [0.4, 0.5) is 0 Å². The second-order valence-electron chi connectivity index (χ2n) is 10.3. The van der Waals surface area contributed by atoms with E-state index in [0.717, 1.165) is 36.0 Å². The van der Waals surface area contributed by atoms with Gasteiger partial charge in [-0.15, -0.1) is 0 Å². The van der Waals surface area contributed by atoms with E-state index in [2.05, 4.69) is 43.3 Å². The smallest absolute Gasteiger partial charge is 0.155 e. The molecule has 0 heterocycles. The van der Waals surface area contributed by atoms with Crippen molar-refractivity contribution in [2.75, 3.05) is 6.61 Å². The van der Waals surface area contributed by atoms with E-state index in [4.69, 9.17) is 4.74 Å². The van der Waals surface area contributed by atoms with Crippen LogP contribution in [0.25, 0.3) is 0 Å². The lowest BCUT2D eigenvalue weighted by atomic mass is 9.80. The van der Waals surface area contributed by atoms with Gasteiger partial charge in [-0.3, -0.25) is 4.79 Å². The Morgan fingerprint density at radius 3 is 1.87 bits per heavy atom. The number of aliphatic hydroxyl groups is 2. The van der Waals surface area contributed by atoms with Crippen molar-refractivity contribution in [3.8, 4) is 0 Å². The lowest BCUT2D eigenvalue weighted by Gasteiger charge is -2.36. The Kier molecular flexibility index (Phi) is 10.1. The molecule has 0 amide bonds. The number of carbonyl (C=O) groups is 1. The fourth-order valence-corrected chi connectivity index (χ4v) is 5.74. The molecule has 0 radical (unpaired) electrons. The molecule has 0 saturated heterocycles. The van der Waals surface area contributed by atoms with Crippen molar-refractivity contribution in [3.63, 3.8) is 0 Å². The summed E-state index contributed by atoms with van der Waals surface area (Å²) in [7, 11) is 0. The number of rotatable bonds is 13. The first kappa shape index (κ1) is 28.0. The molecule has 1 aliphatic carbocycles. The highest BCUT2D eigenvalue weighted by Gasteiger charge is 2.42. The number of hydrogen-bond donors (Lipinski definition) is 2. The maximum atomic E-state index is 12.3. The SMILES string of the molecule is CCCCCC(=O)/C=C/[C@H]1[C@H](CCOC(c2ccccc2)(c2ccccc2)c2ccccc2)[C@@H](O)C[C@H]1O. The maximum absolute atomic E-state index is 12.3. The summed E-state index contributed by atoms with van der Waals surface area (Å²) in [5, 5.41) is 21.5. The first-order valence-corrected chi connectivity index (χ1v) is 13.9. The van der Waals surface area contributed by atoms with Crippen LogP contribution >= 0.6 is 0 Å². The maximum Gasteiger partial charge on any atom is 0.155 e. The van der Waals surface area contributed by atoms with Crippen LogP contribution in [0.1, 0.15) is 62.1 Å². The minimum atomic E-state index is -0.827. The van der Waals surface area contributed by atoms with Crippen molar-refractivity contribution in [3.05, 3.63) is 120 Å². The summed E-state index contributed by atoms with van der Waals surface area (Å²) in [6, 6.07) is 30.7. The Hall–Kier alpha value is -3.05. The van der Waals surface area contributed by atoms with Crippen LogP contribution in [0.5, 0.6) is 0 Å². The molecule has 2 N–H and O–H groups in total. The fraction of sp³-hybridized carbons (Fsp3) is 0.382. The summed E-state index contributed by atoms with van der Waals surface area (Å²) >= 11 is 0. The molecule has 200 valence electrons. The number of unbranched alkanes of at least 4 members (excludes halogenated alkanes) is 2. The molecule has 0 aliphatic heterocycles. The summed E-state index contributed by atoms with van der Waals surface area (Å²) in [6.07, 6.45) is 6.51. The van der Waals surface area contributed by atoms with Gasteiger partial charge in [-0.2, -0.15) is 0 Å². The molecule has 4 nitrogen and oxygen atoms in total. The van der Waals surface area contributed by atoms with Crippen molar-refractivity contribution in [2.24, 2.45) is 11.8 Å². The Morgan fingerprint density at radius 2 is 1.37 bits per heavy atom. The molecule has 4 atom stereocenters. The molecule has 38 heavy (non-hydrogen) atoms. The number of allylic oxidation sites excluding steroid dienone is 1. The van der Waals surface area contributed by atoms with Gasteiger partial charge in [0.1, 0.15) is 5.60 Å². The largest absolute Gasteiger partial charge is 0.393 e. The van der Waals surface area contributed by atoms with Crippen LogP contribution in [0.2, 0.25) is 0 Å². The number of ether oxygens (including phenoxy) is 1. The molecular formula is C34H40O4. The molecule has 1 aliphatic rings.